The SMILES string of the molecule is NC(=O)C(c1ccc(F)cc1)C(CCC(F)(F)F)C(=O)N[C@H]1N=C(c2ccccc2)c2ccccc2N(CC2CC2)C1=O. The molecular weight excluding hydrogens is 564 g/mol. The number of hydrogen-bond acceptors (Lipinski definition) is 4. The van der Waals surface area contributed by atoms with E-state index in [0.717, 1.165) is 25.0 Å². The van der Waals surface area contributed by atoms with Crippen molar-refractivity contribution in [1.29, 1.82) is 0 Å². The molecule has 5 rings (SSSR count). The van der Waals surface area contributed by atoms with Gasteiger partial charge in [-0.15, -0.1) is 0 Å². The van der Waals surface area contributed by atoms with Crippen molar-refractivity contribution in [3.05, 3.63) is 101 Å². The van der Waals surface area contributed by atoms with E-state index < -0.39 is 60.6 Å². The molecule has 1 aliphatic carbocycles. The molecule has 0 radical (unpaired) electrons. The van der Waals surface area contributed by atoms with Crippen molar-refractivity contribution in [1.82, 2.24) is 5.32 Å². The van der Waals surface area contributed by atoms with E-state index in [1.165, 1.54) is 12.1 Å². The molecule has 3 aromatic rings. The molecule has 0 saturated heterocycles. The highest BCUT2D eigenvalue weighted by atomic mass is 19.4. The summed E-state index contributed by atoms with van der Waals surface area (Å²) >= 11 is 0. The Labute approximate surface area is 245 Å². The fourth-order valence-electron chi connectivity index (χ4n) is 5.37. The average Bonchev–Trinajstić information content (AvgIpc) is 3.81. The predicted octanol–water partition coefficient (Wildman–Crippen LogP) is 5.09. The first-order valence-corrected chi connectivity index (χ1v) is 14.0. The maximum atomic E-state index is 14.0. The lowest BCUT2D eigenvalue weighted by molar-refractivity contribution is -0.144. The Morgan fingerprint density at radius 2 is 1.63 bits per heavy atom. The minimum Gasteiger partial charge on any atom is -0.369 e. The van der Waals surface area contributed by atoms with Crippen molar-refractivity contribution in [3.63, 3.8) is 0 Å². The van der Waals surface area contributed by atoms with E-state index in [-0.39, 0.29) is 11.5 Å². The molecule has 3 aromatic carbocycles. The molecule has 11 heteroatoms. The van der Waals surface area contributed by atoms with Gasteiger partial charge in [-0.3, -0.25) is 14.4 Å². The van der Waals surface area contributed by atoms with Gasteiger partial charge in [-0.05, 0) is 48.9 Å². The fourth-order valence-corrected chi connectivity index (χ4v) is 5.37. The molecule has 2 unspecified atom stereocenters. The van der Waals surface area contributed by atoms with E-state index in [0.29, 0.717) is 29.1 Å². The maximum Gasteiger partial charge on any atom is 0.389 e. The van der Waals surface area contributed by atoms with Gasteiger partial charge < -0.3 is 16.0 Å². The van der Waals surface area contributed by atoms with Crippen LogP contribution in [0.15, 0.2) is 83.9 Å². The first-order chi connectivity index (χ1) is 20.5. The summed E-state index contributed by atoms with van der Waals surface area (Å²) in [6, 6.07) is 20.7. The third-order valence-corrected chi connectivity index (χ3v) is 7.69. The number of nitrogens with one attached hydrogen (secondary N) is 1. The van der Waals surface area contributed by atoms with Crippen molar-refractivity contribution >= 4 is 29.1 Å². The normalized spacial score (nSPS) is 18.2. The number of primary amides is 1. The van der Waals surface area contributed by atoms with Gasteiger partial charge in [0.25, 0.3) is 5.91 Å². The lowest BCUT2D eigenvalue weighted by Gasteiger charge is -2.28. The highest BCUT2D eigenvalue weighted by Crippen LogP contribution is 2.36. The summed E-state index contributed by atoms with van der Waals surface area (Å²) in [5.41, 5.74) is 8.06. The molecule has 1 aliphatic heterocycles. The molecule has 1 fully saturated rings. The third-order valence-electron chi connectivity index (χ3n) is 7.69. The highest BCUT2D eigenvalue weighted by molar-refractivity contribution is 6.20. The molecule has 3 amide bonds. The minimum absolute atomic E-state index is 0.0830. The Morgan fingerprint density at radius 3 is 2.26 bits per heavy atom. The summed E-state index contributed by atoms with van der Waals surface area (Å²) in [5, 5.41) is 2.55. The van der Waals surface area contributed by atoms with Crippen molar-refractivity contribution in [2.75, 3.05) is 11.4 Å². The molecule has 0 spiro atoms. The van der Waals surface area contributed by atoms with Gasteiger partial charge in [0.05, 0.1) is 23.2 Å². The number of rotatable bonds is 10. The van der Waals surface area contributed by atoms with E-state index in [1.54, 1.807) is 41.3 Å². The zero-order valence-electron chi connectivity index (χ0n) is 23.1. The van der Waals surface area contributed by atoms with Crippen LogP contribution < -0.4 is 16.0 Å². The summed E-state index contributed by atoms with van der Waals surface area (Å²) < 4.78 is 53.7. The number of carbonyl (C=O) groups is 3. The second kappa shape index (κ2) is 12.4. The monoisotopic (exact) mass is 594 g/mol. The zero-order chi connectivity index (χ0) is 30.7. The van der Waals surface area contributed by atoms with Crippen LogP contribution in [0.2, 0.25) is 0 Å². The van der Waals surface area contributed by atoms with E-state index in [2.05, 4.69) is 10.3 Å². The number of hydrogen-bond donors (Lipinski definition) is 2. The molecule has 2 aliphatic rings. The number of nitrogens with zero attached hydrogens (tertiary/aromatic N) is 2. The topological polar surface area (TPSA) is 105 Å². The number of benzodiazepines with no additional fused rings is 1. The van der Waals surface area contributed by atoms with Crippen LogP contribution >= 0.6 is 0 Å². The zero-order valence-corrected chi connectivity index (χ0v) is 23.1. The van der Waals surface area contributed by atoms with E-state index >= 15 is 0 Å². The van der Waals surface area contributed by atoms with Gasteiger partial charge >= 0.3 is 6.18 Å². The largest absolute Gasteiger partial charge is 0.389 e. The number of anilines is 1. The highest BCUT2D eigenvalue weighted by Gasteiger charge is 2.41. The first kappa shape index (κ1) is 29.9. The lowest BCUT2D eigenvalue weighted by Crippen LogP contribution is -2.51. The Kier molecular flexibility index (Phi) is 8.61. The maximum absolute atomic E-state index is 14.0. The molecule has 1 heterocycles. The smallest absolute Gasteiger partial charge is 0.369 e. The summed E-state index contributed by atoms with van der Waals surface area (Å²) in [6.07, 6.45) is -6.43. The van der Waals surface area contributed by atoms with Gasteiger partial charge in [0, 0.05) is 24.1 Å². The van der Waals surface area contributed by atoms with E-state index in [9.17, 15) is 31.9 Å². The summed E-state index contributed by atoms with van der Waals surface area (Å²) in [7, 11) is 0. The fraction of sp³-hybridized carbons (Fsp3) is 0.312. The lowest BCUT2D eigenvalue weighted by atomic mass is 9.81. The molecule has 1 saturated carbocycles. The van der Waals surface area contributed by atoms with Gasteiger partial charge in [-0.25, -0.2) is 9.38 Å². The summed E-state index contributed by atoms with van der Waals surface area (Å²) in [6.45, 7) is 0.386. The van der Waals surface area contributed by atoms with Crippen LogP contribution in [-0.4, -0.2) is 42.3 Å². The number of benzene rings is 3. The van der Waals surface area contributed by atoms with Crippen LogP contribution in [0.5, 0.6) is 0 Å². The number of halogens is 4. The number of alkyl halides is 3. The van der Waals surface area contributed by atoms with Crippen molar-refractivity contribution in [2.45, 2.75) is 43.9 Å². The number of aliphatic imine (C=N–C) groups is 1. The van der Waals surface area contributed by atoms with Gasteiger partial charge in [0.15, 0.2) is 0 Å². The number of amides is 3. The van der Waals surface area contributed by atoms with Crippen LogP contribution in [-0.2, 0) is 14.4 Å². The summed E-state index contributed by atoms with van der Waals surface area (Å²) in [5.74, 6) is -6.10. The third kappa shape index (κ3) is 7.10. The minimum atomic E-state index is -4.64. The van der Waals surface area contributed by atoms with Crippen LogP contribution in [0.4, 0.5) is 23.2 Å². The number of nitrogens with two attached hydrogens (primary N) is 1. The Balaban J connectivity index is 1.55. The van der Waals surface area contributed by atoms with Gasteiger partial charge in [0.1, 0.15) is 5.82 Å². The second-order valence-electron chi connectivity index (χ2n) is 10.9. The van der Waals surface area contributed by atoms with Crippen molar-refractivity contribution in [2.24, 2.45) is 22.6 Å². The van der Waals surface area contributed by atoms with Crippen molar-refractivity contribution < 1.29 is 31.9 Å². The van der Waals surface area contributed by atoms with Gasteiger partial charge in [-0.1, -0.05) is 60.7 Å². The van der Waals surface area contributed by atoms with Crippen LogP contribution in [0.25, 0.3) is 0 Å². The molecule has 0 aromatic heterocycles. The van der Waals surface area contributed by atoms with Crippen LogP contribution in [0.3, 0.4) is 0 Å². The number of fused-ring (bicyclic) bond motifs is 1. The number of carbonyl (C=O) groups excluding carboxylic acids is 3. The van der Waals surface area contributed by atoms with Crippen molar-refractivity contribution in [3.8, 4) is 0 Å². The van der Waals surface area contributed by atoms with E-state index in [4.69, 9.17) is 5.73 Å². The molecule has 3 N–H and O–H groups in total. The number of para-hydroxylation sites is 1. The van der Waals surface area contributed by atoms with Crippen LogP contribution in [0.1, 0.15) is 48.3 Å². The second-order valence-corrected chi connectivity index (χ2v) is 10.9. The van der Waals surface area contributed by atoms with Gasteiger partial charge in [-0.2, -0.15) is 13.2 Å². The molecule has 3 atom stereocenters. The standard InChI is InChI=1S/C32H30F4N4O3/c33-22-14-12-20(13-15-22)26(28(37)41)24(16-17-32(34,35)36)30(42)39-29-31(43)40(18-19-10-11-19)25-9-5-4-8-23(25)27(38-29)21-6-2-1-3-7-21/h1-9,12-15,19,24,26,29H,10-11,16-18H2,(H2,37,41)(H,39,42)/t24?,26?,29-/m1/s1. The van der Waals surface area contributed by atoms with Gasteiger partial charge in [0.2, 0.25) is 18.0 Å². The predicted molar refractivity (Wildman–Crippen MR) is 153 cm³/mol. The average molecular weight is 595 g/mol. The molecule has 43 heavy (non-hydrogen) atoms. The molecule has 224 valence electrons. The Hall–Kier alpha value is -4.54. The quantitative estimate of drug-likeness (QED) is 0.320. The summed E-state index contributed by atoms with van der Waals surface area (Å²) in [4.78, 5) is 46.7. The van der Waals surface area contributed by atoms with E-state index in [1.807, 2.05) is 18.2 Å². The Morgan fingerprint density at radius 1 is 0.977 bits per heavy atom. The first-order valence-electron chi connectivity index (χ1n) is 14.0. The Bertz CT molecular complexity index is 1520. The van der Waals surface area contributed by atoms with Crippen LogP contribution in [0, 0.1) is 17.7 Å². The molecular formula is C32H30F4N4O3. The molecule has 0 bridgehead atoms. The molecule has 7 nitrogen and oxygen atoms in total.